The zero-order valence-corrected chi connectivity index (χ0v) is 18.3. The molecule has 0 aliphatic rings. The average Bonchev–Trinajstić information content (AvgIpc) is 3.24. The standard InChI is InChI=1S/C23H19ClN4O4/c1-14(29)28(18-5-4-6-19(30-2)22(18)31-3)23-20(17-11-12-25-13-26-17)21(27-32-23)15-7-9-16(24)10-8-15/h4-13H,1-3H3. The number of hydrogen-bond acceptors (Lipinski definition) is 7. The van der Waals surface area contributed by atoms with Crippen LogP contribution >= 0.6 is 11.6 Å². The third-order valence-electron chi connectivity index (χ3n) is 4.77. The number of carbonyl (C=O) groups excluding carboxylic acids is 1. The molecule has 0 unspecified atom stereocenters. The monoisotopic (exact) mass is 450 g/mol. The maximum Gasteiger partial charge on any atom is 0.248 e. The highest BCUT2D eigenvalue weighted by molar-refractivity contribution is 6.30. The number of nitrogens with zero attached hydrogens (tertiary/aromatic N) is 4. The van der Waals surface area contributed by atoms with Gasteiger partial charge in [0.2, 0.25) is 11.8 Å². The summed E-state index contributed by atoms with van der Waals surface area (Å²) in [6.07, 6.45) is 3.02. The Bertz CT molecular complexity index is 1240. The maximum atomic E-state index is 12.9. The summed E-state index contributed by atoms with van der Waals surface area (Å²) in [4.78, 5) is 22.6. The molecule has 0 aliphatic heterocycles. The fourth-order valence-electron chi connectivity index (χ4n) is 3.38. The molecule has 32 heavy (non-hydrogen) atoms. The zero-order valence-electron chi connectivity index (χ0n) is 17.6. The quantitative estimate of drug-likeness (QED) is 0.401. The molecular formula is C23H19ClN4O4. The van der Waals surface area contributed by atoms with Crippen LogP contribution in [0.1, 0.15) is 6.92 Å². The number of halogens is 1. The molecule has 8 nitrogen and oxygen atoms in total. The SMILES string of the molecule is COc1cccc(N(C(C)=O)c2onc(-c3ccc(Cl)cc3)c2-c2ccncn2)c1OC. The molecule has 0 radical (unpaired) electrons. The molecule has 0 bridgehead atoms. The smallest absolute Gasteiger partial charge is 0.248 e. The zero-order chi connectivity index (χ0) is 22.7. The van der Waals surface area contributed by atoms with E-state index in [1.54, 1.807) is 42.6 Å². The largest absolute Gasteiger partial charge is 0.493 e. The number of methoxy groups -OCH3 is 2. The number of carbonyl (C=O) groups is 1. The first kappa shape index (κ1) is 21.3. The number of hydrogen-bond donors (Lipinski definition) is 0. The number of rotatable bonds is 6. The van der Waals surface area contributed by atoms with Crippen LogP contribution in [0.25, 0.3) is 22.5 Å². The van der Waals surface area contributed by atoms with Crippen LogP contribution in [0.2, 0.25) is 5.02 Å². The minimum absolute atomic E-state index is 0.188. The summed E-state index contributed by atoms with van der Waals surface area (Å²) in [7, 11) is 3.03. The fourth-order valence-corrected chi connectivity index (χ4v) is 3.50. The van der Waals surface area contributed by atoms with E-state index >= 15 is 0 Å². The Morgan fingerprint density at radius 2 is 1.84 bits per heavy atom. The van der Waals surface area contributed by atoms with Gasteiger partial charge in [-0.2, -0.15) is 0 Å². The number of para-hydroxylation sites is 1. The van der Waals surface area contributed by atoms with E-state index in [1.807, 2.05) is 12.1 Å². The number of ether oxygens (including phenoxy) is 2. The van der Waals surface area contributed by atoms with E-state index in [0.29, 0.717) is 39.2 Å². The second-order valence-electron chi connectivity index (χ2n) is 6.68. The highest BCUT2D eigenvalue weighted by Gasteiger charge is 2.30. The lowest BCUT2D eigenvalue weighted by atomic mass is 10.0. The van der Waals surface area contributed by atoms with Gasteiger partial charge >= 0.3 is 0 Å². The van der Waals surface area contributed by atoms with Crippen LogP contribution in [0.3, 0.4) is 0 Å². The number of aromatic nitrogens is 3. The first-order chi connectivity index (χ1) is 15.5. The van der Waals surface area contributed by atoms with Crippen molar-refractivity contribution >= 4 is 29.1 Å². The van der Waals surface area contributed by atoms with Crippen molar-refractivity contribution in [3.8, 4) is 34.0 Å². The number of anilines is 2. The maximum absolute atomic E-state index is 12.9. The lowest BCUT2D eigenvalue weighted by Crippen LogP contribution is -2.23. The van der Waals surface area contributed by atoms with Gasteiger partial charge in [-0.05, 0) is 30.3 Å². The summed E-state index contributed by atoms with van der Waals surface area (Å²) in [6, 6.07) is 14.1. The molecule has 0 fully saturated rings. The van der Waals surface area contributed by atoms with Crippen LogP contribution in [0, 0.1) is 0 Å². The molecule has 4 rings (SSSR count). The second-order valence-corrected chi connectivity index (χ2v) is 7.12. The van der Waals surface area contributed by atoms with E-state index in [9.17, 15) is 4.79 Å². The Balaban J connectivity index is 1.98. The van der Waals surface area contributed by atoms with Crippen molar-refractivity contribution < 1.29 is 18.8 Å². The summed E-state index contributed by atoms with van der Waals surface area (Å²) in [5.41, 5.74) is 2.75. The van der Waals surface area contributed by atoms with Crippen molar-refractivity contribution in [3.05, 3.63) is 66.1 Å². The Hall–Kier alpha value is -3.91. The normalized spacial score (nSPS) is 10.6. The van der Waals surface area contributed by atoms with Gasteiger partial charge in [0.05, 0.1) is 31.2 Å². The molecule has 2 heterocycles. The summed E-state index contributed by atoms with van der Waals surface area (Å²) in [5.74, 6) is 0.721. The Morgan fingerprint density at radius 3 is 2.47 bits per heavy atom. The Labute approximate surface area is 189 Å². The van der Waals surface area contributed by atoms with Crippen molar-refractivity contribution in [1.29, 1.82) is 0 Å². The lowest BCUT2D eigenvalue weighted by Gasteiger charge is -2.22. The molecule has 2 aromatic carbocycles. The molecule has 0 atom stereocenters. The van der Waals surface area contributed by atoms with E-state index < -0.39 is 0 Å². The van der Waals surface area contributed by atoms with E-state index in [2.05, 4.69) is 15.1 Å². The number of benzene rings is 2. The molecule has 0 spiro atoms. The highest BCUT2D eigenvalue weighted by atomic mass is 35.5. The molecule has 0 saturated carbocycles. The Kier molecular flexibility index (Phi) is 6.04. The molecule has 162 valence electrons. The predicted octanol–water partition coefficient (Wildman–Crippen LogP) is 5.15. The molecule has 0 saturated heterocycles. The van der Waals surface area contributed by atoms with Gasteiger partial charge in [0.25, 0.3) is 0 Å². The fraction of sp³-hybridized carbons (Fsp3) is 0.130. The average molecular weight is 451 g/mol. The molecule has 1 amide bonds. The van der Waals surface area contributed by atoms with Crippen LogP contribution in [0.15, 0.2) is 65.6 Å². The first-order valence-electron chi connectivity index (χ1n) is 9.58. The van der Waals surface area contributed by atoms with Crippen molar-refractivity contribution in [2.45, 2.75) is 6.92 Å². The van der Waals surface area contributed by atoms with Gasteiger partial charge in [0, 0.05) is 23.7 Å². The van der Waals surface area contributed by atoms with Crippen LogP contribution < -0.4 is 14.4 Å². The third-order valence-corrected chi connectivity index (χ3v) is 5.02. The summed E-state index contributed by atoms with van der Waals surface area (Å²) < 4.78 is 16.7. The molecule has 4 aromatic rings. The third kappa shape index (κ3) is 3.88. The highest BCUT2D eigenvalue weighted by Crippen LogP contribution is 2.45. The van der Waals surface area contributed by atoms with Crippen LogP contribution in [-0.2, 0) is 4.79 Å². The first-order valence-corrected chi connectivity index (χ1v) is 9.96. The second kappa shape index (κ2) is 9.07. The van der Waals surface area contributed by atoms with Crippen LogP contribution in [0.5, 0.6) is 11.5 Å². The minimum atomic E-state index is -0.314. The van der Waals surface area contributed by atoms with Gasteiger partial charge in [-0.3, -0.25) is 4.79 Å². The van der Waals surface area contributed by atoms with E-state index in [1.165, 1.54) is 32.4 Å². The van der Waals surface area contributed by atoms with Crippen molar-refractivity contribution in [3.63, 3.8) is 0 Å². The van der Waals surface area contributed by atoms with Gasteiger partial charge in [-0.15, -0.1) is 0 Å². The molecule has 9 heteroatoms. The summed E-state index contributed by atoms with van der Waals surface area (Å²) >= 11 is 6.05. The van der Waals surface area contributed by atoms with Crippen molar-refractivity contribution in [2.24, 2.45) is 0 Å². The van der Waals surface area contributed by atoms with E-state index in [-0.39, 0.29) is 11.8 Å². The molecule has 0 aliphatic carbocycles. The van der Waals surface area contributed by atoms with Gasteiger partial charge in [0.15, 0.2) is 11.5 Å². The van der Waals surface area contributed by atoms with Crippen LogP contribution in [-0.4, -0.2) is 35.3 Å². The molecular weight excluding hydrogens is 432 g/mol. The molecule has 0 N–H and O–H groups in total. The van der Waals surface area contributed by atoms with Gasteiger partial charge < -0.3 is 14.0 Å². The van der Waals surface area contributed by atoms with Gasteiger partial charge in [0.1, 0.15) is 12.0 Å². The van der Waals surface area contributed by atoms with E-state index in [0.717, 1.165) is 5.56 Å². The van der Waals surface area contributed by atoms with Crippen molar-refractivity contribution in [1.82, 2.24) is 15.1 Å². The van der Waals surface area contributed by atoms with Gasteiger partial charge in [-0.1, -0.05) is 35.0 Å². The topological polar surface area (TPSA) is 90.6 Å². The summed E-state index contributed by atoms with van der Waals surface area (Å²) in [6.45, 7) is 1.42. The van der Waals surface area contributed by atoms with Gasteiger partial charge in [-0.25, -0.2) is 14.9 Å². The van der Waals surface area contributed by atoms with E-state index in [4.69, 9.17) is 25.6 Å². The lowest BCUT2D eigenvalue weighted by molar-refractivity contribution is -0.116. The minimum Gasteiger partial charge on any atom is -0.493 e. The van der Waals surface area contributed by atoms with Crippen LogP contribution in [0.4, 0.5) is 11.6 Å². The number of amides is 1. The summed E-state index contributed by atoms with van der Waals surface area (Å²) in [5, 5.41) is 4.87. The Morgan fingerprint density at radius 1 is 1.06 bits per heavy atom. The predicted molar refractivity (Wildman–Crippen MR) is 120 cm³/mol. The molecule has 2 aromatic heterocycles. The van der Waals surface area contributed by atoms with Crippen molar-refractivity contribution in [2.75, 3.05) is 19.1 Å².